The third-order valence-corrected chi connectivity index (χ3v) is 11.1. The number of hydrogen-bond acceptors (Lipinski definition) is 0. The molecule has 3 aromatic heterocycles. The minimum atomic E-state index is 0.561. The van der Waals surface area contributed by atoms with Crippen molar-refractivity contribution in [2.45, 2.75) is 0 Å². The molecule has 0 atom stereocenters. The quantitative estimate of drug-likeness (QED) is 0.163. The van der Waals surface area contributed by atoms with Crippen molar-refractivity contribution in [3.05, 3.63) is 199 Å². The maximum Gasteiger partial charge on any atom is 0.189 e. The molecule has 0 aliphatic rings. The Morgan fingerprint density at radius 1 is 0.309 bits per heavy atom. The van der Waals surface area contributed by atoms with E-state index in [2.05, 4.69) is 157 Å². The van der Waals surface area contributed by atoms with Gasteiger partial charge in [-0.3, -0.25) is 0 Å². The van der Waals surface area contributed by atoms with Crippen LogP contribution in [0.5, 0.6) is 0 Å². The van der Waals surface area contributed by atoms with E-state index in [1.54, 1.807) is 0 Å². The summed E-state index contributed by atoms with van der Waals surface area (Å²) in [5.74, 6) is 0. The van der Waals surface area contributed by atoms with Gasteiger partial charge in [-0.05, 0) is 60.0 Å². The average Bonchev–Trinajstić information content (AvgIpc) is 3.89. The van der Waals surface area contributed by atoms with Gasteiger partial charge >= 0.3 is 0 Å². The molecule has 0 amide bonds. The third kappa shape index (κ3) is 4.39. The summed E-state index contributed by atoms with van der Waals surface area (Å²) in [5.41, 5.74) is 12.8. The summed E-state index contributed by atoms with van der Waals surface area (Å²) < 4.78 is 7.10. The number of benzene rings is 8. The molecule has 0 radical (unpaired) electrons. The van der Waals surface area contributed by atoms with E-state index < -0.39 is 0 Å². The van der Waals surface area contributed by atoms with Gasteiger partial charge in [0.15, 0.2) is 11.4 Å². The molecule has 3 heterocycles. The molecule has 11 rings (SSSR count). The van der Waals surface area contributed by atoms with E-state index in [9.17, 15) is 0 Å². The van der Waals surface area contributed by atoms with Gasteiger partial charge in [0.1, 0.15) is 0 Å². The van der Waals surface area contributed by atoms with Gasteiger partial charge in [0.2, 0.25) is 0 Å². The molecule has 0 saturated carbocycles. The van der Waals surface area contributed by atoms with Crippen LogP contribution < -0.4 is 0 Å². The first kappa shape index (κ1) is 30.7. The van der Waals surface area contributed by atoms with Gasteiger partial charge in [-0.15, -0.1) is 0 Å². The van der Waals surface area contributed by atoms with Crippen LogP contribution in [-0.4, -0.2) is 13.7 Å². The minimum Gasteiger partial charge on any atom is -0.310 e. The zero-order valence-corrected chi connectivity index (χ0v) is 29.5. The van der Waals surface area contributed by atoms with Crippen LogP contribution in [0, 0.1) is 13.1 Å². The molecule has 11 aromatic rings. The summed E-state index contributed by atoms with van der Waals surface area (Å²) in [6.45, 7) is 15.8. The van der Waals surface area contributed by atoms with Crippen molar-refractivity contribution in [1.29, 1.82) is 0 Å². The van der Waals surface area contributed by atoms with Crippen molar-refractivity contribution in [2.24, 2.45) is 0 Å². The number of para-hydroxylation sites is 6. The molecular weight excluding hydrogens is 671 g/mol. The molecule has 0 aliphatic heterocycles. The highest BCUT2D eigenvalue weighted by Crippen LogP contribution is 2.44. The smallest absolute Gasteiger partial charge is 0.189 e. The molecule has 0 aliphatic carbocycles. The summed E-state index contributed by atoms with van der Waals surface area (Å²) in [6, 6.07) is 61.5. The molecule has 254 valence electrons. The fourth-order valence-corrected chi connectivity index (χ4v) is 8.80. The van der Waals surface area contributed by atoms with Crippen molar-refractivity contribution in [3.63, 3.8) is 0 Å². The number of nitrogens with zero attached hydrogens (tertiary/aromatic N) is 5. The molecule has 0 spiro atoms. The van der Waals surface area contributed by atoms with Crippen LogP contribution in [0.3, 0.4) is 0 Å². The molecule has 55 heavy (non-hydrogen) atoms. The van der Waals surface area contributed by atoms with Crippen LogP contribution in [0.15, 0.2) is 176 Å². The zero-order valence-electron chi connectivity index (χ0n) is 29.5. The standard InChI is InChI=1S/C50H29N5/c1-51-32-27-29-47-41(30-32)38-18-7-10-22-44(38)54(47)49-31-33(52-2)26-28-39(49)36-16-5-11-23-45(36)55-46-24-12-6-17-37(46)40-19-13-25-48(50(40)55)53-42-20-8-3-14-34(42)35-15-4-9-21-43(35)53/h3-31H. The Kier molecular flexibility index (Phi) is 6.61. The first-order valence-electron chi connectivity index (χ1n) is 18.3. The van der Waals surface area contributed by atoms with E-state index in [0.717, 1.165) is 72.1 Å². The lowest BCUT2D eigenvalue weighted by molar-refractivity contribution is 1.13. The van der Waals surface area contributed by atoms with Crippen LogP contribution in [0.4, 0.5) is 11.4 Å². The maximum atomic E-state index is 8.04. The summed E-state index contributed by atoms with van der Waals surface area (Å²) in [7, 11) is 0. The first-order valence-corrected chi connectivity index (χ1v) is 18.3. The van der Waals surface area contributed by atoms with Crippen LogP contribution in [0.25, 0.3) is 103 Å². The Morgan fingerprint density at radius 3 is 1.40 bits per heavy atom. The molecule has 0 fully saturated rings. The van der Waals surface area contributed by atoms with Crippen LogP contribution in [-0.2, 0) is 0 Å². The predicted molar refractivity (Wildman–Crippen MR) is 227 cm³/mol. The Bertz CT molecular complexity index is 3420. The highest BCUT2D eigenvalue weighted by Gasteiger charge is 2.23. The van der Waals surface area contributed by atoms with E-state index in [4.69, 9.17) is 13.1 Å². The van der Waals surface area contributed by atoms with Crippen molar-refractivity contribution in [3.8, 4) is 28.2 Å². The Balaban J connectivity index is 1.26. The van der Waals surface area contributed by atoms with Crippen LogP contribution in [0.2, 0.25) is 0 Å². The van der Waals surface area contributed by atoms with Gasteiger partial charge in [0, 0.05) is 43.7 Å². The normalized spacial score (nSPS) is 11.6. The second-order valence-electron chi connectivity index (χ2n) is 13.9. The number of rotatable bonds is 4. The van der Waals surface area contributed by atoms with Crippen molar-refractivity contribution < 1.29 is 0 Å². The molecule has 0 N–H and O–H groups in total. The predicted octanol–water partition coefficient (Wildman–Crippen LogP) is 13.7. The molecule has 5 heteroatoms. The number of hydrogen-bond donors (Lipinski definition) is 0. The zero-order chi connectivity index (χ0) is 36.6. The Hall–Kier alpha value is -7.86. The fraction of sp³-hybridized carbons (Fsp3) is 0. The highest BCUT2D eigenvalue weighted by atomic mass is 15.1. The second kappa shape index (κ2) is 11.8. The molecular formula is C50H29N5. The molecule has 0 saturated heterocycles. The summed E-state index contributed by atoms with van der Waals surface area (Å²) in [5, 5.41) is 6.86. The summed E-state index contributed by atoms with van der Waals surface area (Å²) in [6.07, 6.45) is 0. The van der Waals surface area contributed by atoms with E-state index >= 15 is 0 Å². The fourth-order valence-electron chi connectivity index (χ4n) is 8.80. The first-order chi connectivity index (χ1) is 27.2. The molecule has 5 nitrogen and oxygen atoms in total. The Morgan fingerprint density at radius 2 is 0.745 bits per heavy atom. The molecule has 8 aromatic carbocycles. The second-order valence-corrected chi connectivity index (χ2v) is 13.9. The van der Waals surface area contributed by atoms with E-state index in [0.29, 0.717) is 11.4 Å². The summed E-state index contributed by atoms with van der Waals surface area (Å²) in [4.78, 5) is 7.64. The number of aromatic nitrogens is 3. The van der Waals surface area contributed by atoms with E-state index in [1.165, 1.54) is 21.5 Å². The average molecular weight is 700 g/mol. The van der Waals surface area contributed by atoms with Gasteiger partial charge in [0.05, 0.1) is 57.6 Å². The summed E-state index contributed by atoms with van der Waals surface area (Å²) >= 11 is 0. The lowest BCUT2D eigenvalue weighted by Gasteiger charge is -2.20. The van der Waals surface area contributed by atoms with E-state index in [1.807, 2.05) is 42.5 Å². The number of fused-ring (bicyclic) bond motifs is 9. The maximum absolute atomic E-state index is 8.04. The van der Waals surface area contributed by atoms with Gasteiger partial charge in [-0.25, -0.2) is 9.69 Å². The SMILES string of the molecule is [C-]#[N+]c1ccc(-c2ccccc2-n2c3ccccc3c3cccc(-n4c5ccccc5c5ccccc54)c32)c(-n2c3ccccc3c3cc([N+]#[C-])ccc32)c1. The lowest BCUT2D eigenvalue weighted by atomic mass is 10.00. The van der Waals surface area contributed by atoms with Crippen molar-refractivity contribution in [2.75, 3.05) is 0 Å². The lowest BCUT2D eigenvalue weighted by Crippen LogP contribution is -2.03. The van der Waals surface area contributed by atoms with Crippen LogP contribution in [0.1, 0.15) is 0 Å². The largest absolute Gasteiger partial charge is 0.310 e. The topological polar surface area (TPSA) is 23.5 Å². The van der Waals surface area contributed by atoms with Crippen LogP contribution >= 0.6 is 0 Å². The van der Waals surface area contributed by atoms with E-state index in [-0.39, 0.29) is 0 Å². The van der Waals surface area contributed by atoms with Gasteiger partial charge in [-0.1, -0.05) is 121 Å². The van der Waals surface area contributed by atoms with Gasteiger partial charge in [-0.2, -0.15) is 0 Å². The van der Waals surface area contributed by atoms with Crippen molar-refractivity contribution >= 4 is 76.8 Å². The van der Waals surface area contributed by atoms with Crippen molar-refractivity contribution in [1.82, 2.24) is 13.7 Å². The third-order valence-electron chi connectivity index (χ3n) is 11.1. The molecule has 0 unspecified atom stereocenters. The monoisotopic (exact) mass is 699 g/mol. The van der Waals surface area contributed by atoms with Gasteiger partial charge < -0.3 is 13.7 Å². The highest BCUT2D eigenvalue weighted by molar-refractivity contribution is 6.16. The van der Waals surface area contributed by atoms with Gasteiger partial charge in [0.25, 0.3) is 0 Å². The minimum absolute atomic E-state index is 0.561. The molecule has 0 bridgehead atoms. The Labute approximate surface area is 316 Å².